The van der Waals surface area contributed by atoms with Gasteiger partial charge in [-0.25, -0.2) is 4.39 Å². The number of carbonyl (C=O) groups is 1. The van der Waals surface area contributed by atoms with Crippen molar-refractivity contribution in [3.8, 4) is 0 Å². The molecule has 0 saturated heterocycles. The molecule has 1 amide bonds. The van der Waals surface area contributed by atoms with Crippen LogP contribution in [0.15, 0.2) is 16.7 Å². The second-order valence-corrected chi connectivity index (χ2v) is 7.78. The maximum Gasteiger partial charge on any atom is 0.326 e. The zero-order chi connectivity index (χ0) is 18.5. The van der Waals surface area contributed by atoms with Crippen LogP contribution in [0, 0.1) is 19.7 Å². The van der Waals surface area contributed by atoms with Gasteiger partial charge in [0.1, 0.15) is 11.6 Å². The number of aromatic nitrogens is 1. The van der Waals surface area contributed by atoms with Crippen LogP contribution in [-0.2, 0) is 21.4 Å². The number of amides is 1. The molecule has 8 nitrogen and oxygen atoms in total. The molecule has 1 aromatic carbocycles. The molecule has 0 spiro atoms. The first-order valence-electron chi connectivity index (χ1n) is 7.41. The fourth-order valence-corrected chi connectivity index (χ4v) is 3.85. The number of halogens is 1. The number of fused-ring (bicyclic) bond motifs is 1. The van der Waals surface area contributed by atoms with Gasteiger partial charge < -0.3 is 9.84 Å². The number of carbonyl (C=O) groups excluding carboxylic acids is 1. The van der Waals surface area contributed by atoms with E-state index in [-0.39, 0.29) is 23.5 Å². The average molecular weight is 368 g/mol. The zero-order valence-electron chi connectivity index (χ0n) is 14.1. The third-order valence-corrected chi connectivity index (χ3v) is 6.01. The minimum absolute atomic E-state index is 0.0221. The molecule has 0 aliphatic carbocycles. The topological polar surface area (TPSA) is 95.7 Å². The van der Waals surface area contributed by atoms with Crippen molar-refractivity contribution in [2.45, 2.75) is 20.3 Å². The summed E-state index contributed by atoms with van der Waals surface area (Å²) in [5, 5.41) is 6.24. The SMILES string of the molecule is Cc1noc(C)c1CC(=O)Nc1cc2c(cc1F)N(C)S(=O)(=O)N2C. The highest BCUT2D eigenvalue weighted by Gasteiger charge is 2.36. The van der Waals surface area contributed by atoms with Crippen molar-refractivity contribution < 1.29 is 22.1 Å². The Bertz CT molecular complexity index is 951. The molecule has 3 rings (SSSR count). The standard InChI is InChI=1S/C15H17FN4O4S/c1-8-10(9(2)24-18-8)5-15(21)17-12-7-14-13(6-11(12)16)19(3)25(22,23)20(14)4/h6-7H,5H2,1-4H3,(H,17,21). The van der Waals surface area contributed by atoms with E-state index in [0.717, 1.165) is 14.7 Å². The Kier molecular flexibility index (Phi) is 3.94. The van der Waals surface area contributed by atoms with Crippen LogP contribution in [0.1, 0.15) is 17.0 Å². The van der Waals surface area contributed by atoms with Crippen LogP contribution in [0.4, 0.5) is 21.5 Å². The van der Waals surface area contributed by atoms with Gasteiger partial charge in [-0.15, -0.1) is 0 Å². The average Bonchev–Trinajstić information content (AvgIpc) is 2.93. The van der Waals surface area contributed by atoms with E-state index in [1.165, 1.54) is 20.2 Å². The Morgan fingerprint density at radius 3 is 2.40 bits per heavy atom. The van der Waals surface area contributed by atoms with Crippen molar-refractivity contribution in [2.24, 2.45) is 0 Å². The molecule has 0 atom stereocenters. The number of benzene rings is 1. The monoisotopic (exact) mass is 368 g/mol. The summed E-state index contributed by atoms with van der Waals surface area (Å²) in [4.78, 5) is 12.2. The lowest BCUT2D eigenvalue weighted by Gasteiger charge is -2.13. The Hall–Kier alpha value is -2.62. The lowest BCUT2D eigenvalue weighted by atomic mass is 10.1. The van der Waals surface area contributed by atoms with Gasteiger partial charge in [0.05, 0.1) is 29.2 Å². The first-order chi connectivity index (χ1) is 11.6. The first kappa shape index (κ1) is 17.2. The Balaban J connectivity index is 1.88. The van der Waals surface area contributed by atoms with Crippen LogP contribution in [0.3, 0.4) is 0 Å². The number of rotatable bonds is 3. The second kappa shape index (κ2) is 5.73. The van der Waals surface area contributed by atoms with E-state index in [4.69, 9.17) is 4.52 Å². The van der Waals surface area contributed by atoms with E-state index in [2.05, 4.69) is 10.5 Å². The summed E-state index contributed by atoms with van der Waals surface area (Å²) in [6.07, 6.45) is -0.0221. The molecule has 0 fully saturated rings. The predicted octanol–water partition coefficient (Wildman–Crippen LogP) is 1.74. The summed E-state index contributed by atoms with van der Waals surface area (Å²) in [7, 11) is -1.00. The minimum Gasteiger partial charge on any atom is -0.361 e. The Morgan fingerprint density at radius 1 is 1.24 bits per heavy atom. The van der Waals surface area contributed by atoms with Crippen LogP contribution in [0.5, 0.6) is 0 Å². The Morgan fingerprint density at radius 2 is 1.84 bits per heavy atom. The molecule has 0 radical (unpaired) electrons. The van der Waals surface area contributed by atoms with Crippen LogP contribution in [0.25, 0.3) is 0 Å². The summed E-state index contributed by atoms with van der Waals surface area (Å²) < 4.78 is 45.5. The number of aryl methyl sites for hydroxylation is 2. The zero-order valence-corrected chi connectivity index (χ0v) is 14.9. The molecule has 0 saturated carbocycles. The molecule has 2 aromatic rings. The van der Waals surface area contributed by atoms with Gasteiger partial charge in [-0.1, -0.05) is 5.16 Å². The lowest BCUT2D eigenvalue weighted by Crippen LogP contribution is -2.32. The van der Waals surface area contributed by atoms with Crippen molar-refractivity contribution in [3.63, 3.8) is 0 Å². The maximum absolute atomic E-state index is 14.3. The number of hydrogen-bond acceptors (Lipinski definition) is 5. The highest BCUT2D eigenvalue weighted by molar-refractivity contribution is 7.94. The fraction of sp³-hybridized carbons (Fsp3) is 0.333. The fourth-order valence-electron chi connectivity index (χ4n) is 2.69. The van der Waals surface area contributed by atoms with Crippen molar-refractivity contribution in [2.75, 3.05) is 28.0 Å². The summed E-state index contributed by atoms with van der Waals surface area (Å²) in [6.45, 7) is 3.40. The summed E-state index contributed by atoms with van der Waals surface area (Å²) in [5.41, 5.74) is 1.64. The largest absolute Gasteiger partial charge is 0.361 e. The van der Waals surface area contributed by atoms with E-state index >= 15 is 0 Å². The van der Waals surface area contributed by atoms with E-state index in [9.17, 15) is 17.6 Å². The van der Waals surface area contributed by atoms with E-state index in [0.29, 0.717) is 17.0 Å². The minimum atomic E-state index is -3.71. The van der Waals surface area contributed by atoms with Gasteiger partial charge in [0.2, 0.25) is 5.91 Å². The molecule has 0 unspecified atom stereocenters. The van der Waals surface area contributed by atoms with E-state index in [1.807, 2.05) is 0 Å². The summed E-state index contributed by atoms with van der Waals surface area (Å²) in [6, 6.07) is 2.39. The number of nitrogens with one attached hydrogen (secondary N) is 1. The van der Waals surface area contributed by atoms with Gasteiger partial charge in [-0.3, -0.25) is 13.4 Å². The quantitative estimate of drug-likeness (QED) is 0.890. The number of nitrogens with zero attached hydrogens (tertiary/aromatic N) is 3. The van der Waals surface area contributed by atoms with Crippen LogP contribution >= 0.6 is 0 Å². The van der Waals surface area contributed by atoms with Gasteiger partial charge in [-0.05, 0) is 19.9 Å². The maximum atomic E-state index is 14.3. The highest BCUT2D eigenvalue weighted by Crippen LogP contribution is 2.41. The molecule has 25 heavy (non-hydrogen) atoms. The van der Waals surface area contributed by atoms with Crippen LogP contribution in [-0.4, -0.2) is 33.6 Å². The van der Waals surface area contributed by atoms with Crippen LogP contribution < -0.4 is 13.9 Å². The van der Waals surface area contributed by atoms with Crippen molar-refractivity contribution in [1.29, 1.82) is 0 Å². The summed E-state index contributed by atoms with van der Waals surface area (Å²) >= 11 is 0. The second-order valence-electron chi connectivity index (χ2n) is 5.79. The summed E-state index contributed by atoms with van der Waals surface area (Å²) in [5.74, 6) is -0.650. The van der Waals surface area contributed by atoms with Crippen molar-refractivity contribution in [3.05, 3.63) is 35.0 Å². The van der Waals surface area contributed by atoms with Gasteiger partial charge >= 0.3 is 10.2 Å². The molecule has 1 aromatic heterocycles. The highest BCUT2D eigenvalue weighted by atomic mass is 32.2. The molecular weight excluding hydrogens is 351 g/mol. The number of anilines is 3. The Labute approximate surface area is 144 Å². The van der Waals surface area contributed by atoms with E-state index in [1.54, 1.807) is 13.8 Å². The molecule has 134 valence electrons. The normalized spacial score (nSPS) is 15.4. The van der Waals surface area contributed by atoms with Crippen molar-refractivity contribution >= 4 is 33.2 Å². The molecule has 10 heteroatoms. The first-order valence-corrected chi connectivity index (χ1v) is 8.80. The smallest absolute Gasteiger partial charge is 0.326 e. The molecule has 2 heterocycles. The van der Waals surface area contributed by atoms with Gasteiger partial charge in [-0.2, -0.15) is 8.42 Å². The predicted molar refractivity (Wildman–Crippen MR) is 90.4 cm³/mol. The molecule has 1 N–H and O–H groups in total. The molecule has 1 aliphatic heterocycles. The molecule has 0 bridgehead atoms. The van der Waals surface area contributed by atoms with Gasteiger partial charge in [0.15, 0.2) is 0 Å². The third kappa shape index (κ3) is 2.72. The van der Waals surface area contributed by atoms with Crippen LogP contribution in [0.2, 0.25) is 0 Å². The molecule has 1 aliphatic rings. The number of hydrogen-bond donors (Lipinski definition) is 1. The van der Waals surface area contributed by atoms with Gasteiger partial charge in [0.25, 0.3) is 0 Å². The third-order valence-electron chi connectivity index (χ3n) is 4.23. The molecular formula is C15H17FN4O4S. The lowest BCUT2D eigenvalue weighted by molar-refractivity contribution is -0.115. The van der Waals surface area contributed by atoms with Crippen molar-refractivity contribution in [1.82, 2.24) is 5.16 Å². The van der Waals surface area contributed by atoms with E-state index < -0.39 is 21.9 Å². The van der Waals surface area contributed by atoms with Gasteiger partial charge in [0, 0.05) is 25.7 Å².